The quantitative estimate of drug-likeness (QED) is 0.711. The molecule has 0 bridgehead atoms. The van der Waals surface area contributed by atoms with E-state index in [2.05, 4.69) is 31.0 Å². The zero-order valence-electron chi connectivity index (χ0n) is 12.8. The second kappa shape index (κ2) is 6.06. The van der Waals surface area contributed by atoms with E-state index in [1.807, 2.05) is 42.5 Å². The van der Waals surface area contributed by atoms with E-state index < -0.39 is 0 Å². The molecule has 0 saturated carbocycles. The van der Waals surface area contributed by atoms with Gasteiger partial charge in [0.15, 0.2) is 0 Å². The lowest BCUT2D eigenvalue weighted by Crippen LogP contribution is -2.05. The van der Waals surface area contributed by atoms with Gasteiger partial charge in [-0.25, -0.2) is 4.79 Å². The van der Waals surface area contributed by atoms with Crippen molar-refractivity contribution in [2.24, 2.45) is 0 Å². The topological polar surface area (TPSA) is 42.1 Å². The monoisotopic (exact) mass is 293 g/mol. The first-order valence-electron chi connectivity index (χ1n) is 7.47. The Morgan fingerprint density at radius 1 is 1.09 bits per heavy atom. The van der Waals surface area contributed by atoms with Crippen molar-refractivity contribution in [1.82, 2.24) is 4.98 Å². The molecule has 2 aromatic carbocycles. The van der Waals surface area contributed by atoms with Crippen LogP contribution in [0.3, 0.4) is 0 Å². The molecule has 0 atom stereocenters. The van der Waals surface area contributed by atoms with Crippen LogP contribution in [-0.4, -0.2) is 11.0 Å². The molecule has 1 N–H and O–H groups in total. The SMILES string of the molecule is CC(C)c1ccc(COC(=O)c2cc3ccccc3[nH]2)cc1. The van der Waals surface area contributed by atoms with E-state index >= 15 is 0 Å². The highest BCUT2D eigenvalue weighted by Crippen LogP contribution is 2.17. The predicted molar refractivity (Wildman–Crippen MR) is 87.9 cm³/mol. The van der Waals surface area contributed by atoms with Crippen molar-refractivity contribution in [3.05, 3.63) is 71.4 Å². The third-order valence-corrected chi connectivity index (χ3v) is 3.77. The van der Waals surface area contributed by atoms with Crippen LogP contribution < -0.4 is 0 Å². The molecule has 0 spiro atoms. The molecule has 0 aliphatic heterocycles. The third kappa shape index (κ3) is 3.03. The number of carbonyl (C=O) groups excluding carboxylic acids is 1. The smallest absolute Gasteiger partial charge is 0.355 e. The lowest BCUT2D eigenvalue weighted by molar-refractivity contribution is 0.0467. The van der Waals surface area contributed by atoms with E-state index in [1.54, 1.807) is 0 Å². The molecule has 0 aliphatic carbocycles. The Balaban J connectivity index is 1.66. The van der Waals surface area contributed by atoms with Gasteiger partial charge in [-0.3, -0.25) is 0 Å². The van der Waals surface area contributed by atoms with Crippen LogP contribution in [0.15, 0.2) is 54.6 Å². The number of ether oxygens (including phenoxy) is 1. The van der Waals surface area contributed by atoms with Gasteiger partial charge in [0.1, 0.15) is 12.3 Å². The Morgan fingerprint density at radius 2 is 1.82 bits per heavy atom. The molecular weight excluding hydrogens is 274 g/mol. The van der Waals surface area contributed by atoms with E-state index in [-0.39, 0.29) is 12.6 Å². The summed E-state index contributed by atoms with van der Waals surface area (Å²) >= 11 is 0. The molecule has 0 unspecified atom stereocenters. The summed E-state index contributed by atoms with van der Waals surface area (Å²) in [6.45, 7) is 4.60. The summed E-state index contributed by atoms with van der Waals surface area (Å²) in [4.78, 5) is 15.2. The van der Waals surface area contributed by atoms with Gasteiger partial charge in [0, 0.05) is 10.9 Å². The number of aromatic nitrogens is 1. The number of esters is 1. The number of nitrogens with one attached hydrogen (secondary N) is 1. The molecule has 3 nitrogen and oxygen atoms in total. The number of fused-ring (bicyclic) bond motifs is 1. The Morgan fingerprint density at radius 3 is 2.50 bits per heavy atom. The zero-order valence-corrected chi connectivity index (χ0v) is 12.8. The summed E-state index contributed by atoms with van der Waals surface area (Å²) in [6.07, 6.45) is 0. The van der Waals surface area contributed by atoms with Crippen LogP contribution in [0.25, 0.3) is 10.9 Å². The first-order chi connectivity index (χ1) is 10.6. The van der Waals surface area contributed by atoms with Crippen molar-refractivity contribution in [1.29, 1.82) is 0 Å². The third-order valence-electron chi connectivity index (χ3n) is 3.77. The zero-order chi connectivity index (χ0) is 15.5. The van der Waals surface area contributed by atoms with Gasteiger partial charge < -0.3 is 9.72 Å². The van der Waals surface area contributed by atoms with Gasteiger partial charge in [-0.05, 0) is 29.2 Å². The maximum Gasteiger partial charge on any atom is 0.355 e. The highest BCUT2D eigenvalue weighted by Gasteiger charge is 2.11. The summed E-state index contributed by atoms with van der Waals surface area (Å²) in [5, 5.41) is 1.01. The van der Waals surface area contributed by atoms with Crippen molar-refractivity contribution < 1.29 is 9.53 Å². The Labute approximate surface area is 129 Å². The summed E-state index contributed by atoms with van der Waals surface area (Å²) in [5.74, 6) is 0.173. The molecule has 3 aromatic rings. The van der Waals surface area contributed by atoms with Crippen LogP contribution in [0.1, 0.15) is 41.4 Å². The minimum Gasteiger partial charge on any atom is -0.456 e. The first kappa shape index (κ1) is 14.4. The molecule has 3 heteroatoms. The van der Waals surface area contributed by atoms with Gasteiger partial charge in [-0.15, -0.1) is 0 Å². The fourth-order valence-corrected chi connectivity index (χ4v) is 2.41. The number of carbonyl (C=O) groups is 1. The summed E-state index contributed by atoms with van der Waals surface area (Å²) in [5.41, 5.74) is 3.70. The molecule has 22 heavy (non-hydrogen) atoms. The Hall–Kier alpha value is -2.55. The lowest BCUT2D eigenvalue weighted by atomic mass is 10.0. The second-order valence-electron chi connectivity index (χ2n) is 5.74. The Kier molecular flexibility index (Phi) is 3.96. The fraction of sp³-hybridized carbons (Fsp3) is 0.211. The number of H-pyrrole nitrogens is 1. The normalized spacial score (nSPS) is 11.0. The average Bonchev–Trinajstić information content (AvgIpc) is 2.97. The first-order valence-corrected chi connectivity index (χ1v) is 7.47. The Bertz CT molecular complexity index is 752. The van der Waals surface area contributed by atoms with Crippen molar-refractivity contribution in [2.45, 2.75) is 26.4 Å². The molecule has 112 valence electrons. The van der Waals surface area contributed by atoms with Crippen LogP contribution >= 0.6 is 0 Å². The summed E-state index contributed by atoms with van der Waals surface area (Å²) < 4.78 is 5.37. The number of benzene rings is 2. The van der Waals surface area contributed by atoms with Gasteiger partial charge in [0.2, 0.25) is 0 Å². The molecule has 0 amide bonds. The average molecular weight is 293 g/mol. The summed E-state index contributed by atoms with van der Waals surface area (Å²) in [6, 6.07) is 17.8. The lowest BCUT2D eigenvalue weighted by Gasteiger charge is -2.07. The van der Waals surface area contributed by atoms with Crippen molar-refractivity contribution in [2.75, 3.05) is 0 Å². The minimum atomic E-state index is -0.330. The van der Waals surface area contributed by atoms with E-state index in [9.17, 15) is 4.79 Å². The largest absolute Gasteiger partial charge is 0.456 e. The van der Waals surface area contributed by atoms with Gasteiger partial charge >= 0.3 is 5.97 Å². The van der Waals surface area contributed by atoms with Crippen molar-refractivity contribution >= 4 is 16.9 Å². The highest BCUT2D eigenvalue weighted by molar-refractivity contribution is 5.94. The van der Waals surface area contributed by atoms with E-state index in [0.29, 0.717) is 11.6 Å². The molecule has 0 fully saturated rings. The highest BCUT2D eigenvalue weighted by atomic mass is 16.5. The van der Waals surface area contributed by atoms with Crippen molar-refractivity contribution in [3.63, 3.8) is 0 Å². The van der Waals surface area contributed by atoms with Gasteiger partial charge in [-0.1, -0.05) is 56.3 Å². The van der Waals surface area contributed by atoms with Crippen LogP contribution in [0.4, 0.5) is 0 Å². The summed E-state index contributed by atoms with van der Waals surface area (Å²) in [7, 11) is 0. The maximum atomic E-state index is 12.1. The number of hydrogen-bond donors (Lipinski definition) is 1. The van der Waals surface area contributed by atoms with Crippen LogP contribution in [0.5, 0.6) is 0 Å². The number of hydrogen-bond acceptors (Lipinski definition) is 2. The second-order valence-corrected chi connectivity index (χ2v) is 5.74. The molecule has 3 rings (SSSR count). The number of para-hydroxylation sites is 1. The van der Waals surface area contributed by atoms with Crippen LogP contribution in [-0.2, 0) is 11.3 Å². The van der Waals surface area contributed by atoms with E-state index in [1.165, 1.54) is 5.56 Å². The van der Waals surface area contributed by atoms with E-state index in [0.717, 1.165) is 16.5 Å². The van der Waals surface area contributed by atoms with Gasteiger partial charge in [0.25, 0.3) is 0 Å². The minimum absolute atomic E-state index is 0.284. The molecule has 0 aliphatic rings. The molecule has 1 heterocycles. The fourth-order valence-electron chi connectivity index (χ4n) is 2.41. The number of aromatic amines is 1. The van der Waals surface area contributed by atoms with E-state index in [4.69, 9.17) is 4.74 Å². The van der Waals surface area contributed by atoms with Crippen LogP contribution in [0, 0.1) is 0 Å². The standard InChI is InChI=1S/C19H19NO2/c1-13(2)15-9-7-14(8-10-15)12-22-19(21)18-11-16-5-3-4-6-17(16)20-18/h3-11,13,20H,12H2,1-2H3. The van der Waals surface area contributed by atoms with Gasteiger partial charge in [-0.2, -0.15) is 0 Å². The molecule has 1 aromatic heterocycles. The number of rotatable bonds is 4. The van der Waals surface area contributed by atoms with Crippen LogP contribution in [0.2, 0.25) is 0 Å². The van der Waals surface area contributed by atoms with Crippen molar-refractivity contribution in [3.8, 4) is 0 Å². The van der Waals surface area contributed by atoms with Gasteiger partial charge in [0.05, 0.1) is 0 Å². The predicted octanol–water partition coefficient (Wildman–Crippen LogP) is 4.65. The molecule has 0 saturated heterocycles. The maximum absolute atomic E-state index is 12.1. The molecular formula is C19H19NO2. The molecule has 0 radical (unpaired) electrons.